The van der Waals surface area contributed by atoms with Crippen LogP contribution in [0.15, 0.2) is 42.6 Å². The Balaban J connectivity index is 1.32. The van der Waals surface area contributed by atoms with Crippen molar-refractivity contribution < 1.29 is 13.6 Å². The second-order valence-corrected chi connectivity index (χ2v) is 8.18. The first kappa shape index (κ1) is 21.6. The number of benzene rings is 1. The van der Waals surface area contributed by atoms with Crippen molar-refractivity contribution in [2.75, 3.05) is 24.5 Å². The number of rotatable bonds is 8. The average molecular weight is 430 g/mol. The molecule has 1 aromatic carbocycles. The molecule has 0 radical (unpaired) electrons. The second-order valence-electron chi connectivity index (χ2n) is 8.18. The monoisotopic (exact) mass is 429 g/mol. The number of carbonyl (C=O) groups is 1. The Morgan fingerprint density at radius 3 is 2.87 bits per heavy atom. The first-order valence-corrected chi connectivity index (χ1v) is 11.0. The van der Waals surface area contributed by atoms with Crippen molar-refractivity contribution in [3.8, 4) is 0 Å². The average Bonchev–Trinajstić information content (AvgIpc) is 3.42. The van der Waals surface area contributed by atoms with Crippen LogP contribution in [0.4, 0.5) is 14.6 Å². The Labute approximate surface area is 181 Å². The zero-order chi connectivity index (χ0) is 21.6. The molecule has 2 aromatic rings. The van der Waals surface area contributed by atoms with E-state index in [0.29, 0.717) is 49.8 Å². The van der Waals surface area contributed by atoms with Gasteiger partial charge in [-0.15, -0.1) is 0 Å². The summed E-state index contributed by atoms with van der Waals surface area (Å²) in [5.41, 5.74) is 1.36. The van der Waals surface area contributed by atoms with Gasteiger partial charge in [0.2, 0.25) is 0 Å². The summed E-state index contributed by atoms with van der Waals surface area (Å²) >= 11 is 0. The number of carbonyl (C=O) groups excluding carboxylic acids is 1. The van der Waals surface area contributed by atoms with E-state index in [9.17, 15) is 13.6 Å². The van der Waals surface area contributed by atoms with Crippen LogP contribution in [0, 0.1) is 5.82 Å². The number of hydrogen-bond acceptors (Lipinski definition) is 5. The van der Waals surface area contributed by atoms with Crippen molar-refractivity contribution in [1.29, 1.82) is 0 Å². The maximum atomic E-state index is 14.6. The van der Waals surface area contributed by atoms with E-state index in [-0.39, 0.29) is 17.9 Å². The van der Waals surface area contributed by atoms with Gasteiger partial charge in [0.25, 0.3) is 5.91 Å². The fourth-order valence-corrected chi connectivity index (χ4v) is 4.27. The summed E-state index contributed by atoms with van der Waals surface area (Å²) in [6, 6.07) is 10.2. The Hall–Kier alpha value is -2.58. The van der Waals surface area contributed by atoms with E-state index in [2.05, 4.69) is 20.9 Å². The normalized spacial score (nSPS) is 23.3. The zero-order valence-electron chi connectivity index (χ0n) is 17.5. The van der Waals surface area contributed by atoms with Crippen LogP contribution in [0.25, 0.3) is 0 Å². The molecule has 2 aliphatic rings. The topological polar surface area (TPSA) is 69.3 Å². The van der Waals surface area contributed by atoms with Crippen LogP contribution in [0.2, 0.25) is 0 Å². The largest absolute Gasteiger partial charge is 0.350 e. The van der Waals surface area contributed by atoms with Gasteiger partial charge in [0.15, 0.2) is 6.30 Å². The lowest BCUT2D eigenvalue weighted by molar-refractivity contribution is 0.0950. The lowest BCUT2D eigenvalue weighted by atomic mass is 10.1. The van der Waals surface area contributed by atoms with Crippen LogP contribution < -0.4 is 20.9 Å². The van der Waals surface area contributed by atoms with E-state index in [1.165, 1.54) is 18.3 Å². The molecule has 2 aliphatic heterocycles. The molecule has 1 amide bonds. The lowest BCUT2D eigenvalue weighted by Gasteiger charge is -2.28. The summed E-state index contributed by atoms with van der Waals surface area (Å²) < 4.78 is 27.9. The Bertz CT molecular complexity index is 873. The molecule has 6 nitrogen and oxygen atoms in total. The van der Waals surface area contributed by atoms with Gasteiger partial charge in [0, 0.05) is 31.7 Å². The van der Waals surface area contributed by atoms with Crippen LogP contribution in [0.5, 0.6) is 0 Å². The van der Waals surface area contributed by atoms with E-state index < -0.39 is 6.30 Å². The predicted molar refractivity (Wildman–Crippen MR) is 116 cm³/mol. The number of amides is 1. The van der Waals surface area contributed by atoms with Crippen LogP contribution in [-0.4, -0.2) is 49.0 Å². The highest BCUT2D eigenvalue weighted by Crippen LogP contribution is 2.28. The summed E-state index contributed by atoms with van der Waals surface area (Å²) in [4.78, 5) is 18.3. The first-order valence-electron chi connectivity index (χ1n) is 11.0. The summed E-state index contributed by atoms with van der Waals surface area (Å²) in [7, 11) is 0. The minimum atomic E-state index is -1.13. The van der Waals surface area contributed by atoms with Gasteiger partial charge in [-0.25, -0.2) is 13.8 Å². The highest BCUT2D eigenvalue weighted by atomic mass is 19.1. The lowest BCUT2D eigenvalue weighted by Crippen LogP contribution is -2.45. The first-order chi connectivity index (χ1) is 15.1. The quantitative estimate of drug-likeness (QED) is 0.563. The third-order valence-corrected chi connectivity index (χ3v) is 5.94. The van der Waals surface area contributed by atoms with Crippen molar-refractivity contribution in [2.45, 2.75) is 50.6 Å². The molecule has 0 spiro atoms. The summed E-state index contributed by atoms with van der Waals surface area (Å²) in [5, 5.41) is 9.63. The number of anilines is 1. The van der Waals surface area contributed by atoms with E-state index >= 15 is 0 Å². The van der Waals surface area contributed by atoms with Gasteiger partial charge in [-0.3, -0.25) is 10.1 Å². The molecule has 0 bridgehead atoms. The van der Waals surface area contributed by atoms with Gasteiger partial charge in [-0.1, -0.05) is 12.1 Å². The molecule has 1 aromatic heterocycles. The Morgan fingerprint density at radius 2 is 2.13 bits per heavy atom. The fourth-order valence-electron chi connectivity index (χ4n) is 4.27. The fraction of sp³-hybridized carbons (Fsp3) is 0.478. The van der Waals surface area contributed by atoms with Crippen LogP contribution in [-0.2, 0) is 6.42 Å². The number of alkyl halides is 1. The van der Waals surface area contributed by atoms with Gasteiger partial charge in [-0.05, 0) is 62.1 Å². The minimum Gasteiger partial charge on any atom is -0.350 e. The van der Waals surface area contributed by atoms with Crippen molar-refractivity contribution >= 4 is 11.7 Å². The molecular formula is C23H29F2N5O. The number of hydrogen-bond donors (Lipinski definition) is 3. The second kappa shape index (κ2) is 10.2. The molecule has 3 heterocycles. The zero-order valence-corrected chi connectivity index (χ0v) is 17.5. The van der Waals surface area contributed by atoms with Crippen molar-refractivity contribution in [2.24, 2.45) is 0 Å². The summed E-state index contributed by atoms with van der Waals surface area (Å²) in [6.07, 6.45) is 4.10. The molecule has 2 unspecified atom stereocenters. The third kappa shape index (κ3) is 5.57. The molecule has 166 valence electrons. The molecule has 3 N–H and O–H groups in total. The van der Waals surface area contributed by atoms with Gasteiger partial charge in [0.05, 0.1) is 11.7 Å². The standard InChI is InChI=1S/C23H29F2N5O/c24-18-4-1-3-16(13-18)10-12-27-21-9-7-20(25)30(21)22-8-6-17(14-28-22)23(31)29-15-19-5-2-11-26-19/h1,3-4,6,8,13-14,19-21,26-27H,2,5,7,9-12,15H2,(H,29,31)/t19-,20?,21?/m1/s1. The SMILES string of the molecule is O=C(NC[C@H]1CCCN1)c1ccc(N2C(F)CCC2NCCc2cccc(F)c2)nc1. The maximum absolute atomic E-state index is 14.6. The maximum Gasteiger partial charge on any atom is 0.252 e. The highest BCUT2D eigenvalue weighted by Gasteiger charge is 2.34. The van der Waals surface area contributed by atoms with Crippen molar-refractivity contribution in [1.82, 2.24) is 20.9 Å². The van der Waals surface area contributed by atoms with Gasteiger partial charge >= 0.3 is 0 Å². The number of aromatic nitrogens is 1. The summed E-state index contributed by atoms with van der Waals surface area (Å²) in [5.74, 6) is 0.0784. The molecule has 8 heteroatoms. The highest BCUT2D eigenvalue weighted by molar-refractivity contribution is 5.94. The van der Waals surface area contributed by atoms with E-state index in [0.717, 1.165) is 24.9 Å². The molecule has 3 atom stereocenters. The number of pyridine rings is 1. The van der Waals surface area contributed by atoms with E-state index in [1.54, 1.807) is 23.1 Å². The van der Waals surface area contributed by atoms with Gasteiger partial charge in [0.1, 0.15) is 11.6 Å². The molecule has 0 saturated carbocycles. The van der Waals surface area contributed by atoms with Gasteiger partial charge < -0.3 is 15.5 Å². The smallest absolute Gasteiger partial charge is 0.252 e. The van der Waals surface area contributed by atoms with Crippen LogP contribution in [0.1, 0.15) is 41.6 Å². The van der Waals surface area contributed by atoms with Crippen molar-refractivity contribution in [3.05, 3.63) is 59.5 Å². The van der Waals surface area contributed by atoms with Crippen LogP contribution >= 0.6 is 0 Å². The molecule has 0 aliphatic carbocycles. The molecule has 4 rings (SSSR count). The third-order valence-electron chi connectivity index (χ3n) is 5.94. The summed E-state index contributed by atoms with van der Waals surface area (Å²) in [6.45, 7) is 2.19. The molecule has 31 heavy (non-hydrogen) atoms. The Kier molecular flexibility index (Phi) is 7.09. The number of nitrogens with one attached hydrogen (secondary N) is 3. The number of halogens is 2. The molecular weight excluding hydrogens is 400 g/mol. The van der Waals surface area contributed by atoms with Gasteiger partial charge in [-0.2, -0.15) is 0 Å². The Morgan fingerprint density at radius 1 is 1.23 bits per heavy atom. The van der Waals surface area contributed by atoms with Crippen molar-refractivity contribution in [3.63, 3.8) is 0 Å². The number of nitrogens with zero attached hydrogens (tertiary/aromatic N) is 2. The predicted octanol–water partition coefficient (Wildman–Crippen LogP) is 2.76. The molecule has 2 fully saturated rings. The van der Waals surface area contributed by atoms with E-state index in [4.69, 9.17) is 0 Å². The van der Waals surface area contributed by atoms with Crippen LogP contribution in [0.3, 0.4) is 0 Å². The molecule has 2 saturated heterocycles. The van der Waals surface area contributed by atoms with E-state index in [1.807, 2.05) is 6.07 Å². The minimum absolute atomic E-state index is 0.171.